The number of hydrogen-bond donors (Lipinski definition) is 1. The summed E-state index contributed by atoms with van der Waals surface area (Å²) in [5.74, 6) is 0. The standard InChI is InChI=1S/C9H5ClF2S2/c10-8-4-1-2-14-6(4)3-5(13)7(8)9(11)12/h1-3,9,13H. The second-order valence-corrected chi connectivity index (χ2v) is 4.56. The third-order valence-electron chi connectivity index (χ3n) is 1.93. The molecule has 0 amide bonds. The Labute approximate surface area is 93.9 Å². The average Bonchev–Trinajstić information content (AvgIpc) is 2.50. The van der Waals surface area contributed by atoms with Crippen LogP contribution in [0.5, 0.6) is 0 Å². The second-order valence-electron chi connectivity index (χ2n) is 2.76. The SMILES string of the molecule is FC(F)c1c(S)cc2sccc2c1Cl. The zero-order valence-corrected chi connectivity index (χ0v) is 9.27. The van der Waals surface area contributed by atoms with E-state index >= 15 is 0 Å². The van der Waals surface area contributed by atoms with E-state index in [1.54, 1.807) is 12.1 Å². The summed E-state index contributed by atoms with van der Waals surface area (Å²) < 4.78 is 26.1. The molecule has 0 N–H and O–H groups in total. The van der Waals surface area contributed by atoms with Gasteiger partial charge in [-0.1, -0.05) is 11.6 Å². The molecule has 2 aromatic rings. The van der Waals surface area contributed by atoms with Crippen LogP contribution in [0.1, 0.15) is 12.0 Å². The molecule has 1 aromatic heterocycles. The van der Waals surface area contributed by atoms with Gasteiger partial charge >= 0.3 is 0 Å². The Hall–Kier alpha value is -0.320. The first-order valence-corrected chi connectivity index (χ1v) is 5.48. The molecule has 0 radical (unpaired) electrons. The Morgan fingerprint density at radius 2 is 2.14 bits per heavy atom. The predicted octanol–water partition coefficient (Wildman–Crippen LogP) is 4.78. The highest BCUT2D eigenvalue weighted by molar-refractivity contribution is 7.80. The van der Waals surface area contributed by atoms with E-state index in [1.165, 1.54) is 11.3 Å². The molecule has 0 unspecified atom stereocenters. The van der Waals surface area contributed by atoms with Crippen molar-refractivity contribution in [3.8, 4) is 0 Å². The van der Waals surface area contributed by atoms with Gasteiger partial charge in [0.15, 0.2) is 0 Å². The molecule has 2 rings (SSSR count). The van der Waals surface area contributed by atoms with Crippen LogP contribution in [-0.2, 0) is 0 Å². The van der Waals surface area contributed by atoms with Crippen LogP contribution in [0.15, 0.2) is 22.4 Å². The quantitative estimate of drug-likeness (QED) is 0.692. The molecule has 1 heterocycles. The van der Waals surface area contributed by atoms with Crippen molar-refractivity contribution in [1.82, 2.24) is 0 Å². The summed E-state index contributed by atoms with van der Waals surface area (Å²) in [7, 11) is 0. The van der Waals surface area contributed by atoms with E-state index < -0.39 is 6.43 Å². The van der Waals surface area contributed by atoms with Gasteiger partial charge in [-0.25, -0.2) is 8.78 Å². The molecule has 0 aliphatic carbocycles. The third-order valence-corrected chi connectivity index (χ3v) is 3.57. The minimum Gasteiger partial charge on any atom is -0.205 e. The van der Waals surface area contributed by atoms with Gasteiger partial charge in [0.1, 0.15) is 0 Å². The Morgan fingerprint density at radius 3 is 2.79 bits per heavy atom. The highest BCUT2D eigenvalue weighted by atomic mass is 35.5. The Kier molecular flexibility index (Phi) is 2.68. The van der Waals surface area contributed by atoms with Gasteiger partial charge in [0.05, 0.1) is 10.6 Å². The van der Waals surface area contributed by atoms with Crippen molar-refractivity contribution in [1.29, 1.82) is 0 Å². The van der Waals surface area contributed by atoms with Crippen molar-refractivity contribution in [2.75, 3.05) is 0 Å². The third kappa shape index (κ3) is 1.51. The summed E-state index contributed by atoms with van der Waals surface area (Å²) in [6, 6.07) is 3.36. The zero-order valence-electron chi connectivity index (χ0n) is 6.80. The smallest absolute Gasteiger partial charge is 0.205 e. The van der Waals surface area contributed by atoms with E-state index in [2.05, 4.69) is 12.6 Å². The van der Waals surface area contributed by atoms with E-state index in [4.69, 9.17) is 11.6 Å². The molecule has 0 atom stereocenters. The van der Waals surface area contributed by atoms with E-state index in [-0.39, 0.29) is 15.5 Å². The number of hydrogen-bond acceptors (Lipinski definition) is 2. The molecule has 0 saturated heterocycles. The van der Waals surface area contributed by atoms with Gasteiger partial charge in [-0.3, -0.25) is 0 Å². The van der Waals surface area contributed by atoms with E-state index in [1.807, 2.05) is 5.38 Å². The molecule has 0 fully saturated rings. The molecule has 0 saturated carbocycles. The van der Waals surface area contributed by atoms with Crippen LogP contribution in [0.3, 0.4) is 0 Å². The lowest BCUT2D eigenvalue weighted by Gasteiger charge is -2.07. The fourth-order valence-electron chi connectivity index (χ4n) is 1.28. The average molecular weight is 251 g/mol. The van der Waals surface area contributed by atoms with Gasteiger partial charge < -0.3 is 0 Å². The number of alkyl halides is 2. The van der Waals surface area contributed by atoms with Gasteiger partial charge in [-0.2, -0.15) is 0 Å². The van der Waals surface area contributed by atoms with Crippen molar-refractivity contribution in [2.24, 2.45) is 0 Å². The molecule has 0 aliphatic heterocycles. The normalized spacial score (nSPS) is 11.5. The maximum Gasteiger partial charge on any atom is 0.266 e. The first-order chi connectivity index (χ1) is 6.61. The fourth-order valence-corrected chi connectivity index (χ4v) is 3.01. The Morgan fingerprint density at radius 1 is 1.43 bits per heavy atom. The number of fused-ring (bicyclic) bond motifs is 1. The van der Waals surface area contributed by atoms with Gasteiger partial charge in [0.2, 0.25) is 0 Å². The molecule has 1 aromatic carbocycles. The number of rotatable bonds is 1. The van der Waals surface area contributed by atoms with E-state index in [0.29, 0.717) is 5.39 Å². The lowest BCUT2D eigenvalue weighted by Crippen LogP contribution is -1.88. The van der Waals surface area contributed by atoms with Crippen LogP contribution in [0.25, 0.3) is 10.1 Å². The maximum atomic E-state index is 12.6. The highest BCUT2D eigenvalue weighted by Crippen LogP contribution is 2.39. The van der Waals surface area contributed by atoms with Crippen LogP contribution in [0.4, 0.5) is 8.78 Å². The predicted molar refractivity (Wildman–Crippen MR) is 59.0 cm³/mol. The molecule has 14 heavy (non-hydrogen) atoms. The molecular weight excluding hydrogens is 246 g/mol. The molecule has 74 valence electrons. The van der Waals surface area contributed by atoms with Crippen LogP contribution in [0, 0.1) is 0 Å². The first kappa shape index (κ1) is 10.2. The molecule has 0 aliphatic rings. The maximum absolute atomic E-state index is 12.6. The summed E-state index contributed by atoms with van der Waals surface area (Å²) in [5, 5.41) is 2.60. The second kappa shape index (κ2) is 3.68. The van der Waals surface area contributed by atoms with Crippen LogP contribution >= 0.6 is 35.6 Å². The molecular formula is C9H5ClF2S2. The van der Waals surface area contributed by atoms with Gasteiger partial charge in [-0.15, -0.1) is 24.0 Å². The fraction of sp³-hybridized carbons (Fsp3) is 0.111. The number of thiophene rings is 1. The lowest BCUT2D eigenvalue weighted by atomic mass is 10.1. The van der Waals surface area contributed by atoms with Gasteiger partial charge in [0.25, 0.3) is 6.43 Å². The summed E-state index contributed by atoms with van der Waals surface area (Å²) in [4.78, 5) is 0.250. The van der Waals surface area contributed by atoms with Crippen molar-refractivity contribution in [3.05, 3.63) is 28.1 Å². The minimum atomic E-state index is -2.58. The largest absolute Gasteiger partial charge is 0.266 e. The summed E-state index contributed by atoms with van der Waals surface area (Å²) in [6.07, 6.45) is -2.58. The molecule has 0 spiro atoms. The van der Waals surface area contributed by atoms with Gasteiger partial charge in [-0.05, 0) is 17.5 Å². The first-order valence-electron chi connectivity index (χ1n) is 3.78. The summed E-state index contributed by atoms with van der Waals surface area (Å²) in [5.41, 5.74) is -0.180. The van der Waals surface area contributed by atoms with E-state index in [0.717, 1.165) is 4.70 Å². The van der Waals surface area contributed by atoms with Crippen molar-refractivity contribution in [3.63, 3.8) is 0 Å². The van der Waals surface area contributed by atoms with Crippen LogP contribution in [-0.4, -0.2) is 0 Å². The topological polar surface area (TPSA) is 0 Å². The van der Waals surface area contributed by atoms with Crippen LogP contribution in [0.2, 0.25) is 5.02 Å². The number of thiol groups is 1. The van der Waals surface area contributed by atoms with Crippen molar-refractivity contribution >= 4 is 45.7 Å². The van der Waals surface area contributed by atoms with E-state index in [9.17, 15) is 8.78 Å². The number of benzene rings is 1. The molecule has 0 nitrogen and oxygen atoms in total. The zero-order chi connectivity index (χ0) is 10.3. The van der Waals surface area contributed by atoms with Crippen molar-refractivity contribution < 1.29 is 8.78 Å². The number of halogens is 3. The molecule has 5 heteroatoms. The summed E-state index contributed by atoms with van der Waals surface area (Å²) >= 11 is 11.3. The Balaban J connectivity index is 2.82. The van der Waals surface area contributed by atoms with Crippen molar-refractivity contribution in [2.45, 2.75) is 11.3 Å². The minimum absolute atomic E-state index is 0.115. The highest BCUT2D eigenvalue weighted by Gasteiger charge is 2.18. The summed E-state index contributed by atoms with van der Waals surface area (Å²) in [6.45, 7) is 0. The monoisotopic (exact) mass is 250 g/mol. The van der Waals surface area contributed by atoms with Crippen LogP contribution < -0.4 is 0 Å². The Bertz CT molecular complexity index is 479. The van der Waals surface area contributed by atoms with Gasteiger partial charge in [0, 0.05) is 15.0 Å². The molecule has 0 bridgehead atoms. The lowest BCUT2D eigenvalue weighted by molar-refractivity contribution is 0.148.